The van der Waals surface area contributed by atoms with Gasteiger partial charge in [-0.3, -0.25) is 9.59 Å². The number of piperidine rings is 1. The van der Waals surface area contributed by atoms with Crippen molar-refractivity contribution in [3.8, 4) is 0 Å². The molecule has 1 rings (SSSR count). The number of rotatable bonds is 0. The van der Waals surface area contributed by atoms with E-state index in [4.69, 9.17) is 0 Å². The van der Waals surface area contributed by atoms with Gasteiger partial charge in [-0.1, -0.05) is 6.92 Å². The van der Waals surface area contributed by atoms with Crippen LogP contribution in [0, 0.1) is 5.92 Å². The summed E-state index contributed by atoms with van der Waals surface area (Å²) >= 11 is 0. The number of carbonyl (C=O) groups is 2. The van der Waals surface area contributed by atoms with E-state index in [2.05, 4.69) is 0 Å². The molecule has 1 heterocycles. The third-order valence-corrected chi connectivity index (χ3v) is 1.85. The van der Waals surface area contributed by atoms with Gasteiger partial charge in [0.15, 0.2) is 5.78 Å². The minimum atomic E-state index is -0.0660. The summed E-state index contributed by atoms with van der Waals surface area (Å²) < 4.78 is 0. The molecule has 0 radical (unpaired) electrons. The molecule has 0 aliphatic carbocycles. The van der Waals surface area contributed by atoms with Crippen LogP contribution in [0.2, 0.25) is 0 Å². The molecule has 1 fully saturated rings. The van der Waals surface area contributed by atoms with Crippen LogP contribution < -0.4 is 0 Å². The predicted octanol–water partition coefficient (Wildman–Crippen LogP) is 0.0537. The van der Waals surface area contributed by atoms with E-state index in [1.807, 2.05) is 0 Å². The van der Waals surface area contributed by atoms with Crippen molar-refractivity contribution in [1.82, 2.24) is 4.90 Å². The smallest absolute Gasteiger partial charge is 0.223 e. The third kappa shape index (κ3) is 1.17. The second-order valence-electron chi connectivity index (χ2n) is 2.82. The summed E-state index contributed by atoms with van der Waals surface area (Å²) in [4.78, 5) is 23.4. The SMILES string of the molecule is CC1CC(=O)N(C)CC1=O. The lowest BCUT2D eigenvalue weighted by molar-refractivity contribution is -0.141. The standard InChI is InChI=1S/C7H11NO2/c1-5-3-7(10)8(2)4-6(5)9/h5H,3-4H2,1-2H3. The Hall–Kier alpha value is -0.860. The number of carbonyl (C=O) groups excluding carboxylic acids is 2. The number of hydrogen-bond donors (Lipinski definition) is 0. The van der Waals surface area contributed by atoms with Gasteiger partial charge in [-0.2, -0.15) is 0 Å². The van der Waals surface area contributed by atoms with Crippen molar-refractivity contribution in [1.29, 1.82) is 0 Å². The molecule has 0 aromatic rings. The fraction of sp³-hybridized carbons (Fsp3) is 0.714. The van der Waals surface area contributed by atoms with Gasteiger partial charge in [-0.25, -0.2) is 0 Å². The zero-order chi connectivity index (χ0) is 7.72. The Morgan fingerprint density at radius 1 is 1.50 bits per heavy atom. The van der Waals surface area contributed by atoms with Gasteiger partial charge < -0.3 is 4.90 Å². The molecule has 0 aromatic heterocycles. The summed E-state index contributed by atoms with van der Waals surface area (Å²) in [5.74, 6) is 0.179. The summed E-state index contributed by atoms with van der Waals surface area (Å²) in [6.07, 6.45) is 0.384. The average Bonchev–Trinajstić information content (AvgIpc) is 1.84. The van der Waals surface area contributed by atoms with E-state index in [-0.39, 0.29) is 17.6 Å². The molecule has 1 amide bonds. The Balaban J connectivity index is 2.63. The van der Waals surface area contributed by atoms with Crippen LogP contribution in [0.1, 0.15) is 13.3 Å². The third-order valence-electron chi connectivity index (χ3n) is 1.85. The molecule has 0 saturated carbocycles. The lowest BCUT2D eigenvalue weighted by Gasteiger charge is -2.24. The van der Waals surface area contributed by atoms with Crippen molar-refractivity contribution < 1.29 is 9.59 Å². The molecule has 1 saturated heterocycles. The fourth-order valence-electron chi connectivity index (χ4n) is 1.01. The summed E-state index contributed by atoms with van der Waals surface area (Å²) in [6.45, 7) is 2.09. The second-order valence-corrected chi connectivity index (χ2v) is 2.82. The molecule has 1 unspecified atom stereocenters. The molecule has 3 nitrogen and oxygen atoms in total. The van der Waals surface area contributed by atoms with Gasteiger partial charge in [-0.05, 0) is 0 Å². The molecule has 0 aromatic carbocycles. The van der Waals surface area contributed by atoms with Crippen molar-refractivity contribution in [3.63, 3.8) is 0 Å². The molecule has 56 valence electrons. The van der Waals surface area contributed by atoms with Gasteiger partial charge in [0.1, 0.15) is 0 Å². The van der Waals surface area contributed by atoms with Crippen LogP contribution in [-0.2, 0) is 9.59 Å². The van der Waals surface area contributed by atoms with Crippen LogP contribution in [0.25, 0.3) is 0 Å². The minimum absolute atomic E-state index is 0.0660. The Labute approximate surface area is 60.0 Å². The summed E-state index contributed by atoms with van der Waals surface area (Å²) in [5, 5.41) is 0. The summed E-state index contributed by atoms with van der Waals surface area (Å²) in [7, 11) is 1.66. The van der Waals surface area contributed by atoms with Gasteiger partial charge in [0, 0.05) is 19.4 Å². The molecule has 0 N–H and O–H groups in total. The minimum Gasteiger partial charge on any atom is -0.338 e. The van der Waals surface area contributed by atoms with Crippen molar-refractivity contribution in [2.45, 2.75) is 13.3 Å². The summed E-state index contributed by atoms with van der Waals surface area (Å²) in [6, 6.07) is 0. The van der Waals surface area contributed by atoms with Gasteiger partial charge in [0.2, 0.25) is 5.91 Å². The number of ketones is 1. The first-order chi connectivity index (χ1) is 4.61. The lowest BCUT2D eigenvalue weighted by atomic mass is 9.98. The van der Waals surface area contributed by atoms with Crippen molar-refractivity contribution in [3.05, 3.63) is 0 Å². The predicted molar refractivity (Wildman–Crippen MR) is 36.4 cm³/mol. The van der Waals surface area contributed by atoms with E-state index in [0.29, 0.717) is 13.0 Å². The normalized spacial score (nSPS) is 27.4. The van der Waals surface area contributed by atoms with E-state index in [1.54, 1.807) is 14.0 Å². The maximum absolute atomic E-state index is 11.0. The number of nitrogens with zero attached hydrogens (tertiary/aromatic N) is 1. The van der Waals surface area contributed by atoms with E-state index in [9.17, 15) is 9.59 Å². The average molecular weight is 141 g/mol. The highest BCUT2D eigenvalue weighted by atomic mass is 16.2. The van der Waals surface area contributed by atoms with Gasteiger partial charge in [0.05, 0.1) is 6.54 Å². The van der Waals surface area contributed by atoms with Crippen molar-refractivity contribution in [2.24, 2.45) is 5.92 Å². The Kier molecular flexibility index (Phi) is 1.74. The zero-order valence-electron chi connectivity index (χ0n) is 6.26. The molecule has 1 aliphatic rings. The zero-order valence-corrected chi connectivity index (χ0v) is 6.26. The molecule has 0 bridgehead atoms. The highest BCUT2D eigenvalue weighted by molar-refractivity contribution is 5.94. The molecule has 10 heavy (non-hydrogen) atoms. The maximum atomic E-state index is 11.0. The number of amides is 1. The molecule has 0 spiro atoms. The highest BCUT2D eigenvalue weighted by Gasteiger charge is 2.26. The first-order valence-electron chi connectivity index (χ1n) is 3.38. The second kappa shape index (κ2) is 2.40. The largest absolute Gasteiger partial charge is 0.338 e. The van der Waals surface area contributed by atoms with E-state index in [0.717, 1.165) is 0 Å². The van der Waals surface area contributed by atoms with E-state index < -0.39 is 0 Å². The number of likely N-dealkylation sites (N-methyl/N-ethyl adjacent to an activating group) is 1. The molecular formula is C7H11NO2. The number of Topliss-reactive ketones (excluding diaryl/α,β-unsaturated/α-hetero) is 1. The Morgan fingerprint density at radius 3 is 2.60 bits per heavy atom. The summed E-state index contributed by atoms with van der Waals surface area (Å²) in [5.41, 5.74) is 0. The highest BCUT2D eigenvalue weighted by Crippen LogP contribution is 2.12. The van der Waals surface area contributed by atoms with Crippen LogP contribution in [0.4, 0.5) is 0 Å². The van der Waals surface area contributed by atoms with Crippen LogP contribution in [0.15, 0.2) is 0 Å². The van der Waals surface area contributed by atoms with Gasteiger partial charge in [0.25, 0.3) is 0 Å². The monoisotopic (exact) mass is 141 g/mol. The molecule has 3 heteroatoms. The van der Waals surface area contributed by atoms with Gasteiger partial charge >= 0.3 is 0 Å². The van der Waals surface area contributed by atoms with Crippen LogP contribution in [0.3, 0.4) is 0 Å². The first-order valence-corrected chi connectivity index (χ1v) is 3.38. The van der Waals surface area contributed by atoms with Crippen molar-refractivity contribution in [2.75, 3.05) is 13.6 Å². The maximum Gasteiger partial charge on any atom is 0.223 e. The Morgan fingerprint density at radius 2 is 2.10 bits per heavy atom. The molecule has 1 atom stereocenters. The van der Waals surface area contributed by atoms with E-state index >= 15 is 0 Å². The van der Waals surface area contributed by atoms with Crippen molar-refractivity contribution >= 4 is 11.7 Å². The van der Waals surface area contributed by atoms with Crippen LogP contribution in [-0.4, -0.2) is 30.2 Å². The topological polar surface area (TPSA) is 37.4 Å². The number of likely N-dealkylation sites (tertiary alicyclic amines) is 1. The van der Waals surface area contributed by atoms with E-state index in [1.165, 1.54) is 4.90 Å². The van der Waals surface area contributed by atoms with Crippen LogP contribution >= 0.6 is 0 Å². The van der Waals surface area contributed by atoms with Gasteiger partial charge in [-0.15, -0.1) is 0 Å². The molecule has 1 aliphatic heterocycles. The fourth-order valence-corrected chi connectivity index (χ4v) is 1.01. The quantitative estimate of drug-likeness (QED) is 0.478. The first kappa shape index (κ1) is 7.25. The Bertz CT molecular complexity index is 156. The van der Waals surface area contributed by atoms with Crippen LogP contribution in [0.5, 0.6) is 0 Å². The molecular weight excluding hydrogens is 130 g/mol. The lowest BCUT2D eigenvalue weighted by Crippen LogP contribution is -2.41. The number of hydrogen-bond acceptors (Lipinski definition) is 2.